The molecule has 0 spiro atoms. The van der Waals surface area contributed by atoms with E-state index in [1.807, 2.05) is 0 Å². The second kappa shape index (κ2) is 5.00. The van der Waals surface area contributed by atoms with Crippen LogP contribution in [0.5, 0.6) is 5.75 Å². The van der Waals surface area contributed by atoms with Crippen molar-refractivity contribution in [3.63, 3.8) is 0 Å². The number of fused-ring (bicyclic) bond motifs is 1. The van der Waals surface area contributed by atoms with E-state index >= 15 is 4.39 Å². The lowest BCUT2D eigenvalue weighted by atomic mass is 9.89. The van der Waals surface area contributed by atoms with Crippen molar-refractivity contribution in [1.82, 2.24) is 0 Å². The topological polar surface area (TPSA) is 38.3 Å². The van der Waals surface area contributed by atoms with Gasteiger partial charge in [-0.3, -0.25) is 4.79 Å². The molecule has 3 nitrogen and oxygen atoms in total. The van der Waals surface area contributed by atoms with Crippen LogP contribution in [0, 0.1) is 0 Å². The van der Waals surface area contributed by atoms with Crippen LogP contribution in [0.1, 0.15) is 11.1 Å². The molecule has 3 rings (SSSR count). The van der Waals surface area contributed by atoms with Gasteiger partial charge in [-0.05, 0) is 30.3 Å². The predicted molar refractivity (Wildman–Crippen MR) is 82.7 cm³/mol. The third-order valence-electron chi connectivity index (χ3n) is 3.46. The Morgan fingerprint density at radius 3 is 2.76 bits per heavy atom. The Hall–Kier alpha value is -1.59. The van der Waals surface area contributed by atoms with Crippen molar-refractivity contribution in [2.75, 3.05) is 12.4 Å². The summed E-state index contributed by atoms with van der Waals surface area (Å²) in [6.45, 7) is 0. The van der Waals surface area contributed by atoms with E-state index in [0.717, 1.165) is 0 Å². The van der Waals surface area contributed by atoms with Gasteiger partial charge >= 0.3 is 0 Å². The van der Waals surface area contributed by atoms with Crippen molar-refractivity contribution in [3.05, 3.63) is 57.0 Å². The maximum absolute atomic E-state index is 15.5. The lowest BCUT2D eigenvalue weighted by Crippen LogP contribution is -2.30. The zero-order valence-electron chi connectivity index (χ0n) is 10.9. The van der Waals surface area contributed by atoms with Crippen LogP contribution in [0.15, 0.2) is 40.9 Å². The van der Waals surface area contributed by atoms with E-state index < -0.39 is 11.6 Å². The number of ether oxygens (including phenoxy) is 1. The minimum atomic E-state index is -2.27. The van der Waals surface area contributed by atoms with Gasteiger partial charge in [0.2, 0.25) is 5.67 Å². The Morgan fingerprint density at radius 1 is 1.29 bits per heavy atom. The Balaban J connectivity index is 2.21. The summed E-state index contributed by atoms with van der Waals surface area (Å²) in [6, 6.07) is 9.44. The highest BCUT2D eigenvalue weighted by Gasteiger charge is 2.49. The van der Waals surface area contributed by atoms with Crippen molar-refractivity contribution < 1.29 is 13.9 Å². The summed E-state index contributed by atoms with van der Waals surface area (Å²) in [7, 11) is 1.44. The number of nitrogens with one attached hydrogen (secondary N) is 1. The number of carbonyl (C=O) groups is 1. The molecule has 6 heteroatoms. The number of anilines is 1. The van der Waals surface area contributed by atoms with Crippen molar-refractivity contribution in [1.29, 1.82) is 0 Å². The molecule has 0 saturated heterocycles. The molecule has 1 aliphatic heterocycles. The van der Waals surface area contributed by atoms with Crippen LogP contribution < -0.4 is 10.1 Å². The molecule has 0 aromatic heterocycles. The first-order chi connectivity index (χ1) is 9.96. The Morgan fingerprint density at radius 2 is 2.05 bits per heavy atom. The second-order valence-electron chi connectivity index (χ2n) is 4.65. The molecule has 1 N–H and O–H groups in total. The second-order valence-corrected chi connectivity index (χ2v) is 5.97. The van der Waals surface area contributed by atoms with Crippen molar-refractivity contribution >= 4 is 39.1 Å². The van der Waals surface area contributed by atoms with Gasteiger partial charge < -0.3 is 10.1 Å². The summed E-state index contributed by atoms with van der Waals surface area (Å²) in [5.74, 6) is -0.401. The normalized spacial score (nSPS) is 20.1. The van der Waals surface area contributed by atoms with Gasteiger partial charge in [-0.2, -0.15) is 0 Å². The van der Waals surface area contributed by atoms with Crippen LogP contribution >= 0.6 is 27.5 Å². The minimum Gasteiger partial charge on any atom is -0.495 e. The third-order valence-corrected chi connectivity index (χ3v) is 4.27. The third kappa shape index (κ3) is 2.12. The summed E-state index contributed by atoms with van der Waals surface area (Å²) in [5, 5.41) is 2.92. The highest BCUT2D eigenvalue weighted by atomic mass is 79.9. The average Bonchev–Trinajstić information content (AvgIpc) is 2.72. The van der Waals surface area contributed by atoms with Gasteiger partial charge in [0, 0.05) is 21.3 Å². The number of carbonyl (C=O) groups excluding carboxylic acids is 1. The molecule has 0 bridgehead atoms. The molecule has 0 radical (unpaired) electrons. The van der Waals surface area contributed by atoms with Crippen molar-refractivity contribution in [3.8, 4) is 5.75 Å². The lowest BCUT2D eigenvalue weighted by molar-refractivity contribution is -0.124. The largest absolute Gasteiger partial charge is 0.495 e. The van der Waals surface area contributed by atoms with Gasteiger partial charge in [0.15, 0.2) is 0 Å². The monoisotopic (exact) mass is 369 g/mol. The number of benzene rings is 2. The number of hydrogen-bond donors (Lipinski definition) is 1. The molecular weight excluding hydrogens is 361 g/mol. The van der Waals surface area contributed by atoms with Crippen LogP contribution in [-0.2, 0) is 10.5 Å². The first-order valence-electron chi connectivity index (χ1n) is 6.11. The van der Waals surface area contributed by atoms with E-state index in [1.54, 1.807) is 18.2 Å². The number of amides is 1. The van der Waals surface area contributed by atoms with Gasteiger partial charge in [-0.1, -0.05) is 33.6 Å². The predicted octanol–water partition coefficient (Wildman–Crippen LogP) is 4.28. The van der Waals surface area contributed by atoms with Gasteiger partial charge in [0.1, 0.15) is 5.75 Å². The quantitative estimate of drug-likeness (QED) is 0.857. The van der Waals surface area contributed by atoms with Gasteiger partial charge in [-0.25, -0.2) is 4.39 Å². The molecule has 1 heterocycles. The zero-order valence-corrected chi connectivity index (χ0v) is 13.3. The number of rotatable bonds is 2. The average molecular weight is 371 g/mol. The molecule has 21 heavy (non-hydrogen) atoms. The molecule has 2 aromatic carbocycles. The van der Waals surface area contributed by atoms with Crippen LogP contribution in [-0.4, -0.2) is 13.0 Å². The van der Waals surface area contributed by atoms with Crippen LogP contribution in [0.3, 0.4) is 0 Å². The fourth-order valence-corrected chi connectivity index (χ4v) is 2.96. The first kappa shape index (κ1) is 14.4. The molecule has 0 saturated carbocycles. The van der Waals surface area contributed by atoms with Crippen LogP contribution in [0.25, 0.3) is 0 Å². The van der Waals surface area contributed by atoms with E-state index in [9.17, 15) is 4.79 Å². The fraction of sp³-hybridized carbons (Fsp3) is 0.133. The smallest absolute Gasteiger partial charge is 0.271 e. The molecule has 1 amide bonds. The van der Waals surface area contributed by atoms with Crippen LogP contribution in [0.4, 0.5) is 10.1 Å². The molecular formula is C15H10BrClFNO2. The maximum atomic E-state index is 15.5. The van der Waals surface area contributed by atoms with E-state index in [0.29, 0.717) is 20.9 Å². The Kier molecular flexibility index (Phi) is 3.42. The number of methoxy groups -OCH3 is 1. The number of halogens is 3. The molecule has 1 aliphatic rings. The SMILES string of the molecule is COc1cc(C2(F)C(=O)Nc3ccc(Br)cc32)ccc1Cl. The van der Waals surface area contributed by atoms with Crippen molar-refractivity contribution in [2.24, 2.45) is 0 Å². The Bertz CT molecular complexity index is 752. The maximum Gasteiger partial charge on any atom is 0.271 e. The summed E-state index contributed by atoms with van der Waals surface area (Å²) < 4.78 is 21.3. The highest BCUT2D eigenvalue weighted by molar-refractivity contribution is 9.10. The number of hydrogen-bond acceptors (Lipinski definition) is 2. The summed E-state index contributed by atoms with van der Waals surface area (Å²) in [5.41, 5.74) is -1.36. The molecule has 1 unspecified atom stereocenters. The summed E-state index contributed by atoms with van der Waals surface area (Å²) >= 11 is 9.25. The van der Waals surface area contributed by atoms with Gasteiger partial charge in [0.05, 0.1) is 12.1 Å². The lowest BCUT2D eigenvalue weighted by Gasteiger charge is -2.19. The molecule has 0 fully saturated rings. The minimum absolute atomic E-state index is 0.179. The number of alkyl halides is 1. The molecule has 2 aromatic rings. The standard InChI is InChI=1S/C15H10BrClFNO2/c1-21-13-6-8(2-4-11(13)17)15(18)10-7-9(16)3-5-12(10)19-14(15)20/h2-7H,1H3,(H,19,20). The summed E-state index contributed by atoms with van der Waals surface area (Å²) in [6.07, 6.45) is 0. The zero-order chi connectivity index (χ0) is 15.2. The molecule has 108 valence electrons. The fourth-order valence-electron chi connectivity index (χ4n) is 2.40. The van der Waals surface area contributed by atoms with Gasteiger partial charge in [-0.15, -0.1) is 0 Å². The molecule has 1 atom stereocenters. The Labute approximate surface area is 134 Å². The summed E-state index contributed by atoms with van der Waals surface area (Å²) in [4.78, 5) is 12.2. The van der Waals surface area contributed by atoms with E-state index in [1.165, 1.54) is 25.3 Å². The van der Waals surface area contributed by atoms with E-state index in [4.69, 9.17) is 16.3 Å². The van der Waals surface area contributed by atoms with E-state index in [2.05, 4.69) is 21.2 Å². The van der Waals surface area contributed by atoms with Gasteiger partial charge in [0.25, 0.3) is 5.91 Å². The first-order valence-corrected chi connectivity index (χ1v) is 7.28. The van der Waals surface area contributed by atoms with E-state index in [-0.39, 0.29) is 11.1 Å². The highest BCUT2D eigenvalue weighted by Crippen LogP contribution is 2.46. The van der Waals surface area contributed by atoms with Crippen molar-refractivity contribution in [2.45, 2.75) is 5.67 Å². The van der Waals surface area contributed by atoms with Crippen LogP contribution in [0.2, 0.25) is 5.02 Å². The molecule has 0 aliphatic carbocycles.